The summed E-state index contributed by atoms with van der Waals surface area (Å²) in [5, 5.41) is 14.9. The summed E-state index contributed by atoms with van der Waals surface area (Å²) in [7, 11) is 2.00. The maximum Gasteiger partial charge on any atom is 0.271 e. The monoisotopic (exact) mass is 295 g/mol. The van der Waals surface area contributed by atoms with Gasteiger partial charge in [-0.25, -0.2) is 0 Å². The zero-order valence-corrected chi connectivity index (χ0v) is 12.1. The molecule has 5 nitrogen and oxygen atoms in total. The number of benzene rings is 1. The van der Waals surface area contributed by atoms with Crippen molar-refractivity contribution in [3.8, 4) is 0 Å². The second kappa shape index (κ2) is 5.22. The number of hydrogen-bond donors (Lipinski definition) is 1. The molecule has 6 heteroatoms. The van der Waals surface area contributed by atoms with Gasteiger partial charge in [0, 0.05) is 30.3 Å². The summed E-state index contributed by atoms with van der Waals surface area (Å²) >= 11 is 6.28. The Morgan fingerprint density at radius 2 is 2.00 bits per heavy atom. The lowest BCUT2D eigenvalue weighted by Gasteiger charge is -2.40. The average molecular weight is 296 g/mol. The van der Waals surface area contributed by atoms with E-state index >= 15 is 0 Å². The molecule has 2 saturated heterocycles. The highest BCUT2D eigenvalue weighted by atomic mass is 35.5. The van der Waals surface area contributed by atoms with Gasteiger partial charge in [-0.1, -0.05) is 11.6 Å². The van der Waals surface area contributed by atoms with Crippen LogP contribution in [0.25, 0.3) is 0 Å². The Hall–Kier alpha value is -1.33. The van der Waals surface area contributed by atoms with Crippen molar-refractivity contribution < 1.29 is 4.92 Å². The number of fused-ring (bicyclic) bond motifs is 2. The molecule has 2 unspecified atom stereocenters. The fourth-order valence-corrected chi connectivity index (χ4v) is 3.83. The van der Waals surface area contributed by atoms with Gasteiger partial charge in [0.2, 0.25) is 0 Å². The van der Waals surface area contributed by atoms with Crippen LogP contribution in [0.4, 0.5) is 11.4 Å². The van der Waals surface area contributed by atoms with E-state index in [9.17, 15) is 10.1 Å². The molecule has 20 heavy (non-hydrogen) atoms. The molecule has 1 N–H and O–H groups in total. The molecule has 1 aromatic carbocycles. The second-order valence-corrected chi connectivity index (χ2v) is 6.05. The molecule has 0 spiro atoms. The molecule has 0 aromatic heterocycles. The number of piperidine rings is 1. The number of non-ortho nitro benzene ring substituents is 1. The molecule has 0 saturated carbocycles. The molecule has 2 bridgehead atoms. The molecule has 2 atom stereocenters. The highest BCUT2D eigenvalue weighted by Gasteiger charge is 2.41. The Labute approximate surface area is 123 Å². The molecule has 1 aromatic rings. The van der Waals surface area contributed by atoms with Gasteiger partial charge in [0.15, 0.2) is 0 Å². The highest BCUT2D eigenvalue weighted by molar-refractivity contribution is 6.33. The molecular formula is C14H18ClN3O2. The smallest absolute Gasteiger partial charge is 0.271 e. The quantitative estimate of drug-likeness (QED) is 0.688. The topological polar surface area (TPSA) is 58.4 Å². The van der Waals surface area contributed by atoms with Crippen molar-refractivity contribution in [1.29, 1.82) is 0 Å². The summed E-state index contributed by atoms with van der Waals surface area (Å²) in [5.41, 5.74) is 0.933. The fourth-order valence-electron chi connectivity index (χ4n) is 3.62. The molecule has 3 rings (SSSR count). The first-order valence-electron chi connectivity index (χ1n) is 6.99. The van der Waals surface area contributed by atoms with Crippen molar-refractivity contribution in [2.75, 3.05) is 11.9 Å². The van der Waals surface area contributed by atoms with Crippen LogP contribution in [-0.4, -0.2) is 30.1 Å². The van der Waals surface area contributed by atoms with Gasteiger partial charge < -0.3 is 10.2 Å². The minimum absolute atomic E-state index is 0.111. The second-order valence-electron chi connectivity index (χ2n) is 5.64. The third kappa shape index (κ3) is 2.25. The molecule has 0 amide bonds. The maximum atomic E-state index is 11.0. The van der Waals surface area contributed by atoms with Gasteiger partial charge in [0.25, 0.3) is 5.69 Å². The third-order valence-electron chi connectivity index (χ3n) is 4.56. The summed E-state index contributed by atoms with van der Waals surface area (Å²) < 4.78 is 0. The van der Waals surface area contributed by atoms with E-state index in [0.29, 0.717) is 23.1 Å². The Bertz CT molecular complexity index is 523. The van der Waals surface area contributed by atoms with E-state index in [1.165, 1.54) is 6.07 Å². The minimum atomic E-state index is -0.359. The van der Waals surface area contributed by atoms with E-state index in [-0.39, 0.29) is 10.6 Å². The van der Waals surface area contributed by atoms with Crippen LogP contribution < -0.4 is 10.2 Å². The fraction of sp³-hybridized carbons (Fsp3) is 0.571. The molecule has 2 heterocycles. The standard InChI is InChI=1S/C14H18ClN3O2/c1-16-9-6-10-2-3-11(7-9)17(10)14-8-12(18(19)20)4-5-13(14)15/h4-5,8-11,16H,2-3,6-7H2,1H3. The Balaban J connectivity index is 1.94. The van der Waals surface area contributed by atoms with Gasteiger partial charge in [-0.15, -0.1) is 0 Å². The highest BCUT2D eigenvalue weighted by Crippen LogP contribution is 2.42. The number of halogens is 1. The SMILES string of the molecule is CNC1CC2CCC(C1)N2c1cc([N+](=O)[O-])ccc1Cl. The van der Waals surface area contributed by atoms with Crippen LogP contribution in [0.1, 0.15) is 25.7 Å². The third-order valence-corrected chi connectivity index (χ3v) is 4.88. The number of nitro benzene ring substituents is 1. The summed E-state index contributed by atoms with van der Waals surface area (Å²) in [4.78, 5) is 12.9. The first-order valence-corrected chi connectivity index (χ1v) is 7.37. The van der Waals surface area contributed by atoms with Gasteiger partial charge in [-0.05, 0) is 38.8 Å². The molecule has 108 valence electrons. The predicted octanol–water partition coefficient (Wildman–Crippen LogP) is 2.97. The van der Waals surface area contributed by atoms with E-state index in [1.807, 2.05) is 7.05 Å². The largest absolute Gasteiger partial charge is 0.364 e. The lowest BCUT2D eigenvalue weighted by atomic mass is 9.96. The van der Waals surface area contributed by atoms with Gasteiger partial charge in [-0.3, -0.25) is 10.1 Å². The van der Waals surface area contributed by atoms with Crippen molar-refractivity contribution in [3.63, 3.8) is 0 Å². The summed E-state index contributed by atoms with van der Waals surface area (Å²) in [6.45, 7) is 0. The average Bonchev–Trinajstić information content (AvgIpc) is 2.69. The zero-order chi connectivity index (χ0) is 14.3. The zero-order valence-electron chi connectivity index (χ0n) is 11.4. The Morgan fingerprint density at radius 1 is 1.35 bits per heavy atom. The van der Waals surface area contributed by atoms with Crippen molar-refractivity contribution in [2.45, 2.75) is 43.8 Å². The van der Waals surface area contributed by atoms with Crippen molar-refractivity contribution >= 4 is 23.0 Å². The van der Waals surface area contributed by atoms with Gasteiger partial charge in [0.05, 0.1) is 15.6 Å². The van der Waals surface area contributed by atoms with Crippen LogP contribution in [0.5, 0.6) is 0 Å². The van der Waals surface area contributed by atoms with Gasteiger partial charge in [-0.2, -0.15) is 0 Å². The molecule has 0 aliphatic carbocycles. The van der Waals surface area contributed by atoms with Crippen LogP contribution in [-0.2, 0) is 0 Å². The van der Waals surface area contributed by atoms with Crippen LogP contribution in [0, 0.1) is 10.1 Å². The number of nitrogens with one attached hydrogen (secondary N) is 1. The van der Waals surface area contributed by atoms with E-state index in [4.69, 9.17) is 11.6 Å². The summed E-state index contributed by atoms with van der Waals surface area (Å²) in [6.07, 6.45) is 4.43. The van der Waals surface area contributed by atoms with Crippen molar-refractivity contribution in [2.24, 2.45) is 0 Å². The Morgan fingerprint density at radius 3 is 2.55 bits per heavy atom. The number of nitrogens with zero attached hydrogens (tertiary/aromatic N) is 2. The lowest BCUT2D eigenvalue weighted by molar-refractivity contribution is -0.384. The Kier molecular flexibility index (Phi) is 3.56. The molecule has 2 aliphatic heterocycles. The van der Waals surface area contributed by atoms with Crippen molar-refractivity contribution in [1.82, 2.24) is 5.32 Å². The van der Waals surface area contributed by atoms with Gasteiger partial charge in [0.1, 0.15) is 0 Å². The summed E-state index contributed by atoms with van der Waals surface area (Å²) in [6, 6.07) is 6.14. The molecule has 2 fully saturated rings. The normalized spacial score (nSPS) is 28.7. The molecule has 2 aliphatic rings. The minimum Gasteiger partial charge on any atom is -0.364 e. The van der Waals surface area contributed by atoms with Crippen LogP contribution in [0.2, 0.25) is 5.02 Å². The van der Waals surface area contributed by atoms with E-state index in [0.717, 1.165) is 31.4 Å². The van der Waals surface area contributed by atoms with E-state index < -0.39 is 0 Å². The number of anilines is 1. The van der Waals surface area contributed by atoms with Crippen LogP contribution in [0.15, 0.2) is 18.2 Å². The van der Waals surface area contributed by atoms with Crippen LogP contribution >= 0.6 is 11.6 Å². The first kappa shape index (κ1) is 13.6. The number of rotatable bonds is 3. The maximum absolute atomic E-state index is 11.0. The van der Waals surface area contributed by atoms with E-state index in [2.05, 4.69) is 10.2 Å². The summed E-state index contributed by atoms with van der Waals surface area (Å²) in [5.74, 6) is 0. The predicted molar refractivity (Wildman–Crippen MR) is 79.5 cm³/mol. The lowest BCUT2D eigenvalue weighted by Crippen LogP contribution is -2.48. The molecule has 0 radical (unpaired) electrons. The van der Waals surface area contributed by atoms with Crippen LogP contribution in [0.3, 0.4) is 0 Å². The van der Waals surface area contributed by atoms with Crippen molar-refractivity contribution in [3.05, 3.63) is 33.3 Å². The first-order chi connectivity index (χ1) is 9.60. The van der Waals surface area contributed by atoms with E-state index in [1.54, 1.807) is 12.1 Å². The van der Waals surface area contributed by atoms with Gasteiger partial charge >= 0.3 is 0 Å². The number of nitro groups is 1. The number of hydrogen-bond acceptors (Lipinski definition) is 4. The molecular weight excluding hydrogens is 278 g/mol.